The minimum Gasteiger partial charge on any atom is -0.397 e. The minimum absolute atomic E-state index is 0.510. The van der Waals surface area contributed by atoms with E-state index in [1.807, 2.05) is 19.3 Å². The standard InChI is InChI=1S/C10H12ClN5/c1-16-3-2-8(15-16)6-14-10-9(11)4-7(12)5-13-10/h2-5H,6,12H2,1H3,(H,13,14). The predicted octanol–water partition coefficient (Wildman–Crippen LogP) is 1.66. The van der Waals surface area contributed by atoms with Crippen LogP contribution in [0, 0.1) is 0 Å². The van der Waals surface area contributed by atoms with Crippen LogP contribution in [0.5, 0.6) is 0 Å². The zero-order valence-corrected chi connectivity index (χ0v) is 9.57. The lowest BCUT2D eigenvalue weighted by Gasteiger charge is -2.05. The molecule has 2 heterocycles. The number of nitrogens with two attached hydrogens (primary N) is 1. The van der Waals surface area contributed by atoms with E-state index in [9.17, 15) is 0 Å². The van der Waals surface area contributed by atoms with Crippen LogP contribution in [0.1, 0.15) is 5.69 Å². The number of nitrogen functional groups attached to an aromatic ring is 1. The summed E-state index contributed by atoms with van der Waals surface area (Å²) in [5, 5.41) is 7.84. The van der Waals surface area contributed by atoms with Gasteiger partial charge in [-0.25, -0.2) is 4.98 Å². The Morgan fingerprint density at radius 1 is 1.56 bits per heavy atom. The number of nitrogens with one attached hydrogen (secondary N) is 1. The zero-order chi connectivity index (χ0) is 11.5. The molecule has 0 radical (unpaired) electrons. The molecule has 0 fully saturated rings. The van der Waals surface area contributed by atoms with Gasteiger partial charge >= 0.3 is 0 Å². The molecule has 84 valence electrons. The molecule has 0 aliphatic rings. The highest BCUT2D eigenvalue weighted by Crippen LogP contribution is 2.21. The Bertz CT molecular complexity index is 494. The second kappa shape index (κ2) is 4.40. The molecular weight excluding hydrogens is 226 g/mol. The maximum atomic E-state index is 5.97. The van der Waals surface area contributed by atoms with Crippen LogP contribution in [0.3, 0.4) is 0 Å². The summed E-state index contributed by atoms with van der Waals surface area (Å²) in [6.45, 7) is 0.581. The zero-order valence-electron chi connectivity index (χ0n) is 8.81. The summed E-state index contributed by atoms with van der Waals surface area (Å²) in [7, 11) is 1.87. The first-order chi connectivity index (χ1) is 7.65. The van der Waals surface area contributed by atoms with Crippen molar-refractivity contribution in [3.63, 3.8) is 0 Å². The highest BCUT2D eigenvalue weighted by Gasteiger charge is 2.03. The monoisotopic (exact) mass is 237 g/mol. The third kappa shape index (κ3) is 2.43. The molecule has 0 amide bonds. The van der Waals surface area contributed by atoms with Crippen molar-refractivity contribution in [1.82, 2.24) is 14.8 Å². The second-order valence-corrected chi connectivity index (χ2v) is 3.84. The summed E-state index contributed by atoms with van der Waals surface area (Å²) in [4.78, 5) is 4.10. The molecule has 0 saturated carbocycles. The second-order valence-electron chi connectivity index (χ2n) is 3.43. The van der Waals surface area contributed by atoms with E-state index in [0.29, 0.717) is 23.1 Å². The molecule has 16 heavy (non-hydrogen) atoms. The largest absolute Gasteiger partial charge is 0.397 e. The number of rotatable bonds is 3. The quantitative estimate of drug-likeness (QED) is 0.852. The fourth-order valence-electron chi connectivity index (χ4n) is 1.31. The maximum absolute atomic E-state index is 5.97. The number of halogens is 1. The molecule has 0 aromatic carbocycles. The number of aromatic nitrogens is 3. The van der Waals surface area contributed by atoms with Gasteiger partial charge in [-0.15, -0.1) is 0 Å². The molecule has 0 saturated heterocycles. The number of anilines is 2. The highest BCUT2D eigenvalue weighted by molar-refractivity contribution is 6.33. The molecule has 0 aliphatic heterocycles. The molecule has 5 nitrogen and oxygen atoms in total. The average Bonchev–Trinajstić information content (AvgIpc) is 2.63. The van der Waals surface area contributed by atoms with E-state index in [1.54, 1.807) is 16.9 Å². The Morgan fingerprint density at radius 2 is 2.38 bits per heavy atom. The summed E-state index contributed by atoms with van der Waals surface area (Å²) >= 11 is 5.97. The van der Waals surface area contributed by atoms with Crippen LogP contribution in [0.4, 0.5) is 11.5 Å². The van der Waals surface area contributed by atoms with Crippen molar-refractivity contribution in [2.45, 2.75) is 6.54 Å². The van der Waals surface area contributed by atoms with Gasteiger partial charge in [0.25, 0.3) is 0 Å². The first-order valence-electron chi connectivity index (χ1n) is 4.78. The van der Waals surface area contributed by atoms with Crippen LogP contribution < -0.4 is 11.1 Å². The van der Waals surface area contributed by atoms with Crippen LogP contribution >= 0.6 is 11.6 Å². The molecule has 0 aliphatic carbocycles. The molecule has 6 heteroatoms. The third-order valence-electron chi connectivity index (χ3n) is 2.07. The summed E-state index contributed by atoms with van der Waals surface area (Å²) < 4.78 is 1.75. The fraction of sp³-hybridized carbons (Fsp3) is 0.200. The van der Waals surface area contributed by atoms with Gasteiger partial charge in [-0.2, -0.15) is 5.10 Å². The van der Waals surface area contributed by atoms with Crippen molar-refractivity contribution in [3.05, 3.63) is 35.2 Å². The van der Waals surface area contributed by atoms with Crippen molar-refractivity contribution in [2.24, 2.45) is 7.05 Å². The van der Waals surface area contributed by atoms with Crippen molar-refractivity contribution < 1.29 is 0 Å². The number of hydrogen-bond donors (Lipinski definition) is 2. The van der Waals surface area contributed by atoms with Gasteiger partial charge in [0.2, 0.25) is 0 Å². The molecule has 0 unspecified atom stereocenters. The topological polar surface area (TPSA) is 68.8 Å². The number of aryl methyl sites for hydroxylation is 1. The first-order valence-corrected chi connectivity index (χ1v) is 5.16. The molecule has 2 aromatic heterocycles. The molecule has 0 atom stereocenters. The molecule has 2 aromatic rings. The van der Waals surface area contributed by atoms with Crippen LogP contribution in [0.2, 0.25) is 5.02 Å². The Kier molecular flexibility index (Phi) is 2.96. The minimum atomic E-state index is 0.510. The first kappa shape index (κ1) is 10.8. The Labute approximate surface area is 98.2 Å². The molecule has 0 spiro atoms. The smallest absolute Gasteiger partial charge is 0.145 e. The lowest BCUT2D eigenvalue weighted by molar-refractivity contribution is 0.747. The average molecular weight is 238 g/mol. The van der Waals surface area contributed by atoms with Crippen LogP contribution in [0.15, 0.2) is 24.5 Å². The molecular formula is C10H12ClN5. The molecule has 2 rings (SSSR count). The van der Waals surface area contributed by atoms with Crippen LogP contribution in [-0.2, 0) is 13.6 Å². The number of pyridine rings is 1. The molecule has 0 bridgehead atoms. The van der Waals surface area contributed by atoms with Gasteiger partial charge in [0.15, 0.2) is 0 Å². The van der Waals surface area contributed by atoms with Crippen molar-refractivity contribution >= 4 is 23.1 Å². The number of nitrogens with zero attached hydrogens (tertiary/aromatic N) is 3. The van der Waals surface area contributed by atoms with Gasteiger partial charge in [-0.1, -0.05) is 11.6 Å². The number of hydrogen-bond acceptors (Lipinski definition) is 4. The van der Waals surface area contributed by atoms with Gasteiger partial charge in [-0.3, -0.25) is 4.68 Å². The van der Waals surface area contributed by atoms with Crippen molar-refractivity contribution in [3.8, 4) is 0 Å². The van der Waals surface area contributed by atoms with Crippen molar-refractivity contribution in [2.75, 3.05) is 11.1 Å². The Hall–Kier alpha value is -1.75. The predicted molar refractivity (Wildman–Crippen MR) is 64.2 cm³/mol. The van der Waals surface area contributed by atoms with Gasteiger partial charge < -0.3 is 11.1 Å². The fourth-order valence-corrected chi connectivity index (χ4v) is 1.56. The summed E-state index contributed by atoms with van der Waals surface area (Å²) in [6, 6.07) is 3.59. The van der Waals surface area contributed by atoms with E-state index in [1.165, 1.54) is 0 Å². The summed E-state index contributed by atoms with van der Waals surface area (Å²) in [5.74, 6) is 0.613. The SMILES string of the molecule is Cn1ccc(CNc2ncc(N)cc2Cl)n1. The summed E-state index contributed by atoms with van der Waals surface area (Å²) in [5.41, 5.74) is 7.03. The lowest BCUT2D eigenvalue weighted by atomic mass is 10.4. The van der Waals surface area contributed by atoms with Crippen LogP contribution in [0.25, 0.3) is 0 Å². The van der Waals surface area contributed by atoms with E-state index in [0.717, 1.165) is 5.69 Å². The van der Waals surface area contributed by atoms with Crippen LogP contribution in [-0.4, -0.2) is 14.8 Å². The highest BCUT2D eigenvalue weighted by atomic mass is 35.5. The maximum Gasteiger partial charge on any atom is 0.145 e. The van der Waals surface area contributed by atoms with Gasteiger partial charge in [-0.05, 0) is 12.1 Å². The Morgan fingerprint density at radius 3 is 3.00 bits per heavy atom. The summed E-state index contributed by atoms with van der Waals surface area (Å²) in [6.07, 6.45) is 3.45. The normalized spacial score (nSPS) is 10.4. The lowest BCUT2D eigenvalue weighted by Crippen LogP contribution is -2.03. The van der Waals surface area contributed by atoms with E-state index in [-0.39, 0.29) is 0 Å². The van der Waals surface area contributed by atoms with E-state index < -0.39 is 0 Å². The van der Waals surface area contributed by atoms with Gasteiger partial charge in [0.1, 0.15) is 5.82 Å². The van der Waals surface area contributed by atoms with E-state index >= 15 is 0 Å². The van der Waals surface area contributed by atoms with E-state index in [2.05, 4.69) is 15.4 Å². The van der Waals surface area contributed by atoms with Gasteiger partial charge in [0, 0.05) is 13.2 Å². The molecule has 3 N–H and O–H groups in total. The van der Waals surface area contributed by atoms with E-state index in [4.69, 9.17) is 17.3 Å². The third-order valence-corrected chi connectivity index (χ3v) is 2.36. The van der Waals surface area contributed by atoms with Gasteiger partial charge in [0.05, 0.1) is 29.1 Å². The Balaban J connectivity index is 2.04. The van der Waals surface area contributed by atoms with Crippen molar-refractivity contribution in [1.29, 1.82) is 0 Å².